The van der Waals surface area contributed by atoms with Crippen molar-refractivity contribution >= 4 is 55.0 Å². The number of nitrogens with zero attached hydrogens (tertiary/aromatic N) is 2. The summed E-state index contributed by atoms with van der Waals surface area (Å²) in [5.41, 5.74) is 2.97. The zero-order chi connectivity index (χ0) is 25.4. The lowest BCUT2D eigenvalue weighted by atomic mass is 9.98. The topological polar surface area (TPSA) is 80.6 Å². The molecule has 1 amide bonds. The van der Waals surface area contributed by atoms with Crippen molar-refractivity contribution in [3.8, 4) is 5.75 Å². The molecule has 1 aliphatic heterocycles. The summed E-state index contributed by atoms with van der Waals surface area (Å²) in [5, 5.41) is 5.54. The minimum absolute atomic E-state index is 0.0105. The molecule has 1 aliphatic rings. The molecule has 188 valence electrons. The van der Waals surface area contributed by atoms with Gasteiger partial charge < -0.3 is 14.6 Å². The van der Waals surface area contributed by atoms with Gasteiger partial charge in [0.1, 0.15) is 10.6 Å². The normalized spacial score (nSPS) is 16.9. The van der Waals surface area contributed by atoms with Gasteiger partial charge in [0.25, 0.3) is 0 Å². The third-order valence-electron chi connectivity index (χ3n) is 6.85. The Balaban J connectivity index is 1.38. The van der Waals surface area contributed by atoms with Crippen LogP contribution in [0.2, 0.25) is 5.02 Å². The molecule has 0 radical (unpaired) electrons. The number of hydrogen-bond acceptors (Lipinski definition) is 4. The molecule has 1 atom stereocenters. The highest BCUT2D eigenvalue weighted by Gasteiger charge is 2.35. The summed E-state index contributed by atoms with van der Waals surface area (Å²) in [7, 11) is -2.46. The standard InChI is InChI=1S/C27H28ClN3O4S/c1-3-31-23-9-5-4-8-21(23)22-16-20(11-12-24(22)31)29-27(32)18-7-6-14-30(17-18)36(33,34)26-15-19(28)10-13-25(26)35-2/h4-5,8-13,15-16,18H,3,6-7,14,17H2,1-2H3,(H,29,32)/t18-/m1/s1. The molecule has 3 aromatic carbocycles. The van der Waals surface area contributed by atoms with Crippen LogP contribution in [-0.2, 0) is 21.4 Å². The Morgan fingerprint density at radius 2 is 1.86 bits per heavy atom. The van der Waals surface area contributed by atoms with E-state index < -0.39 is 15.9 Å². The van der Waals surface area contributed by atoms with E-state index in [0.717, 1.165) is 28.4 Å². The molecular formula is C27H28ClN3O4S. The predicted molar refractivity (Wildman–Crippen MR) is 143 cm³/mol. The number of fused-ring (bicyclic) bond motifs is 3. The second-order valence-electron chi connectivity index (χ2n) is 8.98. The van der Waals surface area contributed by atoms with Gasteiger partial charge in [0.2, 0.25) is 15.9 Å². The van der Waals surface area contributed by atoms with Gasteiger partial charge in [-0.1, -0.05) is 29.8 Å². The van der Waals surface area contributed by atoms with E-state index in [9.17, 15) is 13.2 Å². The molecule has 0 aliphatic carbocycles. The second kappa shape index (κ2) is 9.76. The number of rotatable bonds is 6. The van der Waals surface area contributed by atoms with Crippen molar-refractivity contribution in [2.75, 3.05) is 25.5 Å². The van der Waals surface area contributed by atoms with Gasteiger partial charge in [-0.25, -0.2) is 8.42 Å². The van der Waals surface area contributed by atoms with E-state index in [2.05, 4.69) is 28.9 Å². The molecule has 1 saturated heterocycles. The van der Waals surface area contributed by atoms with Crippen LogP contribution < -0.4 is 10.1 Å². The molecule has 1 fully saturated rings. The Kier molecular flexibility index (Phi) is 6.68. The van der Waals surface area contributed by atoms with Gasteiger partial charge in [-0.2, -0.15) is 4.31 Å². The van der Waals surface area contributed by atoms with Crippen molar-refractivity contribution in [1.29, 1.82) is 0 Å². The molecule has 0 bridgehead atoms. The van der Waals surface area contributed by atoms with Crippen LogP contribution >= 0.6 is 11.6 Å². The van der Waals surface area contributed by atoms with E-state index in [4.69, 9.17) is 16.3 Å². The van der Waals surface area contributed by atoms with Gasteiger partial charge >= 0.3 is 0 Å². The van der Waals surface area contributed by atoms with Crippen LogP contribution in [0.5, 0.6) is 5.75 Å². The summed E-state index contributed by atoms with van der Waals surface area (Å²) >= 11 is 6.07. The van der Waals surface area contributed by atoms with Crippen molar-refractivity contribution in [3.05, 3.63) is 65.7 Å². The molecule has 1 aromatic heterocycles. The minimum atomic E-state index is -3.88. The molecule has 0 spiro atoms. The Morgan fingerprint density at radius 3 is 2.64 bits per heavy atom. The summed E-state index contributed by atoms with van der Waals surface area (Å²) in [6.45, 7) is 3.40. The van der Waals surface area contributed by atoms with E-state index in [1.165, 1.54) is 23.5 Å². The molecule has 9 heteroatoms. The fraction of sp³-hybridized carbons (Fsp3) is 0.296. The number of nitrogens with one attached hydrogen (secondary N) is 1. The van der Waals surface area contributed by atoms with E-state index in [1.54, 1.807) is 6.07 Å². The highest BCUT2D eigenvalue weighted by molar-refractivity contribution is 7.89. The third-order valence-corrected chi connectivity index (χ3v) is 8.98. The van der Waals surface area contributed by atoms with Crippen LogP contribution in [0.3, 0.4) is 0 Å². The first-order valence-electron chi connectivity index (χ1n) is 12.0. The van der Waals surface area contributed by atoms with Crippen LogP contribution in [0, 0.1) is 5.92 Å². The molecule has 2 heterocycles. The van der Waals surface area contributed by atoms with Crippen LogP contribution in [0.4, 0.5) is 5.69 Å². The van der Waals surface area contributed by atoms with E-state index in [-0.39, 0.29) is 23.1 Å². The van der Waals surface area contributed by atoms with Crippen molar-refractivity contribution in [2.24, 2.45) is 5.92 Å². The number of amides is 1. The molecule has 0 saturated carbocycles. The smallest absolute Gasteiger partial charge is 0.246 e. The monoisotopic (exact) mass is 525 g/mol. The maximum Gasteiger partial charge on any atom is 0.246 e. The quantitative estimate of drug-likeness (QED) is 0.359. The zero-order valence-electron chi connectivity index (χ0n) is 20.2. The summed E-state index contributed by atoms with van der Waals surface area (Å²) < 4.78 is 35.7. The lowest BCUT2D eigenvalue weighted by Gasteiger charge is -2.31. The number of anilines is 1. The minimum Gasteiger partial charge on any atom is -0.495 e. The summed E-state index contributed by atoms with van der Waals surface area (Å²) in [6.07, 6.45) is 1.20. The molecule has 4 aromatic rings. The molecule has 5 rings (SSSR count). The first-order valence-corrected chi connectivity index (χ1v) is 13.8. The number of carbonyl (C=O) groups excluding carboxylic acids is 1. The van der Waals surface area contributed by atoms with Crippen LogP contribution in [0.15, 0.2) is 65.6 Å². The Bertz CT molecular complexity index is 1560. The number of carbonyl (C=O) groups is 1. The van der Waals surface area contributed by atoms with Crippen LogP contribution in [0.1, 0.15) is 19.8 Å². The van der Waals surface area contributed by atoms with Gasteiger partial charge in [0.15, 0.2) is 0 Å². The second-order valence-corrected chi connectivity index (χ2v) is 11.3. The number of para-hydroxylation sites is 1. The van der Waals surface area contributed by atoms with Gasteiger partial charge in [-0.3, -0.25) is 4.79 Å². The number of halogens is 1. The van der Waals surface area contributed by atoms with Crippen LogP contribution in [-0.4, -0.2) is 43.4 Å². The molecule has 36 heavy (non-hydrogen) atoms. The number of methoxy groups -OCH3 is 1. The average molecular weight is 526 g/mol. The number of hydrogen-bond donors (Lipinski definition) is 1. The molecule has 1 N–H and O–H groups in total. The van der Waals surface area contributed by atoms with E-state index in [1.807, 2.05) is 30.3 Å². The van der Waals surface area contributed by atoms with E-state index in [0.29, 0.717) is 30.1 Å². The fourth-order valence-electron chi connectivity index (χ4n) is 5.08. The number of piperidine rings is 1. The Morgan fingerprint density at radius 1 is 1.08 bits per heavy atom. The predicted octanol–water partition coefficient (Wildman–Crippen LogP) is 5.52. The van der Waals surface area contributed by atoms with Crippen molar-refractivity contribution in [1.82, 2.24) is 8.87 Å². The summed E-state index contributed by atoms with van der Waals surface area (Å²) in [6, 6.07) is 18.7. The number of aryl methyl sites for hydroxylation is 1. The van der Waals surface area contributed by atoms with Crippen LogP contribution in [0.25, 0.3) is 21.8 Å². The zero-order valence-corrected chi connectivity index (χ0v) is 21.8. The summed E-state index contributed by atoms with van der Waals surface area (Å²) in [4.78, 5) is 13.2. The number of ether oxygens (including phenoxy) is 1. The third kappa shape index (κ3) is 4.34. The van der Waals surface area contributed by atoms with Crippen molar-refractivity contribution in [3.63, 3.8) is 0 Å². The molecule has 7 nitrogen and oxygen atoms in total. The van der Waals surface area contributed by atoms with E-state index >= 15 is 0 Å². The number of sulfonamides is 1. The Hall–Kier alpha value is -3.07. The number of aromatic nitrogens is 1. The van der Waals surface area contributed by atoms with Gasteiger partial charge in [0.05, 0.1) is 13.0 Å². The largest absolute Gasteiger partial charge is 0.495 e. The SMILES string of the molecule is CCn1c2ccccc2c2cc(NC(=O)[C@@H]3CCCN(S(=O)(=O)c4cc(Cl)ccc4OC)C3)ccc21. The maximum absolute atomic E-state index is 13.4. The highest BCUT2D eigenvalue weighted by atomic mass is 35.5. The van der Waals surface area contributed by atoms with Gasteiger partial charge in [-0.15, -0.1) is 0 Å². The molecule has 0 unspecified atom stereocenters. The molecular weight excluding hydrogens is 498 g/mol. The maximum atomic E-state index is 13.4. The van der Waals surface area contributed by atoms with Crippen molar-refractivity contribution < 1.29 is 17.9 Å². The van der Waals surface area contributed by atoms with Crippen molar-refractivity contribution in [2.45, 2.75) is 31.2 Å². The lowest BCUT2D eigenvalue weighted by Crippen LogP contribution is -2.43. The van der Waals surface area contributed by atoms with Gasteiger partial charge in [-0.05, 0) is 62.2 Å². The lowest BCUT2D eigenvalue weighted by molar-refractivity contribution is -0.120. The average Bonchev–Trinajstić information content (AvgIpc) is 3.21. The fourth-order valence-corrected chi connectivity index (χ4v) is 7.02. The Labute approximate surface area is 215 Å². The first-order chi connectivity index (χ1) is 17.3. The number of benzene rings is 3. The summed E-state index contributed by atoms with van der Waals surface area (Å²) in [5.74, 6) is -0.427. The first kappa shape index (κ1) is 24.6. The van der Waals surface area contributed by atoms with Gasteiger partial charge in [0, 0.05) is 52.2 Å². The highest BCUT2D eigenvalue weighted by Crippen LogP contribution is 2.33.